The molecule has 2 aromatic rings. The molecule has 0 unspecified atom stereocenters. The first-order chi connectivity index (χ1) is 10.9. The van der Waals surface area contributed by atoms with Gasteiger partial charge in [-0.3, -0.25) is 4.72 Å². The zero-order valence-electron chi connectivity index (χ0n) is 12.8. The van der Waals surface area contributed by atoms with E-state index >= 15 is 0 Å². The van der Waals surface area contributed by atoms with Crippen LogP contribution in [0, 0.1) is 0 Å². The van der Waals surface area contributed by atoms with Gasteiger partial charge in [0.15, 0.2) is 0 Å². The Morgan fingerprint density at radius 2 is 1.52 bits per heavy atom. The van der Waals surface area contributed by atoms with E-state index in [1.807, 2.05) is 0 Å². The maximum atomic E-state index is 12.5. The van der Waals surface area contributed by atoms with E-state index in [1.54, 1.807) is 12.1 Å². The van der Waals surface area contributed by atoms with Crippen LogP contribution < -0.4 is 18.9 Å². The van der Waals surface area contributed by atoms with Crippen LogP contribution in [0.2, 0.25) is 5.02 Å². The molecule has 0 saturated carbocycles. The van der Waals surface area contributed by atoms with Crippen molar-refractivity contribution in [3.05, 3.63) is 41.4 Å². The summed E-state index contributed by atoms with van der Waals surface area (Å²) < 4.78 is 42.7. The van der Waals surface area contributed by atoms with Crippen LogP contribution in [0.4, 0.5) is 5.69 Å². The highest BCUT2D eigenvalue weighted by Crippen LogP contribution is 2.36. The van der Waals surface area contributed by atoms with Crippen LogP contribution in [0.5, 0.6) is 17.2 Å². The molecule has 0 heterocycles. The minimum Gasteiger partial charge on any atom is -0.497 e. The molecule has 6 nitrogen and oxygen atoms in total. The fourth-order valence-corrected chi connectivity index (χ4v) is 3.19. The minimum atomic E-state index is -3.79. The Labute approximate surface area is 140 Å². The molecule has 2 aromatic carbocycles. The number of methoxy groups -OCH3 is 3. The molecule has 2 rings (SSSR count). The Balaban J connectivity index is 2.39. The summed E-state index contributed by atoms with van der Waals surface area (Å²) in [4.78, 5) is 0.0919. The van der Waals surface area contributed by atoms with Crippen molar-refractivity contribution >= 4 is 27.3 Å². The van der Waals surface area contributed by atoms with Crippen LogP contribution in [-0.2, 0) is 10.0 Å². The number of ether oxygens (including phenoxy) is 3. The number of nitrogens with one attached hydrogen (secondary N) is 1. The maximum absolute atomic E-state index is 12.5. The molecule has 0 aromatic heterocycles. The second-order valence-electron chi connectivity index (χ2n) is 4.47. The topological polar surface area (TPSA) is 73.9 Å². The predicted molar refractivity (Wildman–Crippen MR) is 88.4 cm³/mol. The molecule has 1 N–H and O–H groups in total. The normalized spacial score (nSPS) is 11.0. The van der Waals surface area contributed by atoms with E-state index in [1.165, 1.54) is 45.6 Å². The second kappa shape index (κ2) is 6.97. The SMILES string of the molecule is COc1ccc(S(=O)(=O)Nc2cc(OC)c(Cl)cc2OC)cc1. The Bertz CT molecular complexity index is 790. The zero-order valence-corrected chi connectivity index (χ0v) is 14.4. The summed E-state index contributed by atoms with van der Waals surface area (Å²) in [6.45, 7) is 0. The highest BCUT2D eigenvalue weighted by Gasteiger charge is 2.18. The van der Waals surface area contributed by atoms with Crippen molar-refractivity contribution in [2.75, 3.05) is 26.1 Å². The Morgan fingerprint density at radius 1 is 0.913 bits per heavy atom. The lowest BCUT2D eigenvalue weighted by Crippen LogP contribution is -2.13. The molecule has 0 spiro atoms. The van der Waals surface area contributed by atoms with Crippen molar-refractivity contribution < 1.29 is 22.6 Å². The summed E-state index contributed by atoms with van der Waals surface area (Å²) in [7, 11) is 0.574. The van der Waals surface area contributed by atoms with Gasteiger partial charge >= 0.3 is 0 Å². The lowest BCUT2D eigenvalue weighted by molar-refractivity contribution is 0.405. The summed E-state index contributed by atoms with van der Waals surface area (Å²) in [6, 6.07) is 8.96. The van der Waals surface area contributed by atoms with Crippen molar-refractivity contribution in [1.82, 2.24) is 0 Å². The highest BCUT2D eigenvalue weighted by atomic mass is 35.5. The van der Waals surface area contributed by atoms with Gasteiger partial charge in [0.25, 0.3) is 10.0 Å². The Kier molecular flexibility index (Phi) is 5.23. The molecule has 0 amide bonds. The summed E-state index contributed by atoms with van der Waals surface area (Å²) in [6.07, 6.45) is 0. The van der Waals surface area contributed by atoms with Gasteiger partial charge in [0, 0.05) is 12.1 Å². The molecule has 124 valence electrons. The zero-order chi connectivity index (χ0) is 17.0. The van der Waals surface area contributed by atoms with Crippen LogP contribution in [0.25, 0.3) is 0 Å². The monoisotopic (exact) mass is 357 g/mol. The average Bonchev–Trinajstić information content (AvgIpc) is 2.55. The van der Waals surface area contributed by atoms with E-state index in [2.05, 4.69) is 4.72 Å². The van der Waals surface area contributed by atoms with Gasteiger partial charge in [-0.1, -0.05) is 11.6 Å². The Hall–Kier alpha value is -2.12. The van der Waals surface area contributed by atoms with Crippen LogP contribution in [0.1, 0.15) is 0 Å². The Morgan fingerprint density at radius 3 is 2.04 bits per heavy atom. The number of sulfonamides is 1. The van der Waals surface area contributed by atoms with E-state index in [-0.39, 0.29) is 16.3 Å². The summed E-state index contributed by atoms with van der Waals surface area (Å²) in [5.41, 5.74) is 0.226. The smallest absolute Gasteiger partial charge is 0.262 e. The van der Waals surface area contributed by atoms with Gasteiger partial charge in [-0.2, -0.15) is 0 Å². The van der Waals surface area contributed by atoms with Crippen molar-refractivity contribution in [2.24, 2.45) is 0 Å². The quantitative estimate of drug-likeness (QED) is 0.859. The number of hydrogen-bond acceptors (Lipinski definition) is 5. The summed E-state index contributed by atoms with van der Waals surface area (Å²) in [5.74, 6) is 1.18. The van der Waals surface area contributed by atoms with Gasteiger partial charge in [0.05, 0.1) is 36.9 Å². The first kappa shape index (κ1) is 17.2. The van der Waals surface area contributed by atoms with E-state index in [0.29, 0.717) is 16.5 Å². The van der Waals surface area contributed by atoms with Gasteiger partial charge in [0.2, 0.25) is 0 Å². The molecule has 8 heteroatoms. The number of anilines is 1. The standard InChI is InChI=1S/C15H16ClNO5S/c1-20-10-4-6-11(7-5-10)23(18,19)17-13-9-14(21-2)12(16)8-15(13)22-3/h4-9,17H,1-3H3. The molecule has 0 aliphatic heterocycles. The van der Waals surface area contributed by atoms with Crippen molar-refractivity contribution in [3.8, 4) is 17.2 Å². The first-order valence-corrected chi connectivity index (χ1v) is 8.35. The molecular formula is C15H16ClNO5S. The first-order valence-electron chi connectivity index (χ1n) is 6.49. The molecule has 0 aliphatic carbocycles. The maximum Gasteiger partial charge on any atom is 0.262 e. The summed E-state index contributed by atoms with van der Waals surface area (Å²) in [5, 5.41) is 0.316. The van der Waals surface area contributed by atoms with Crippen LogP contribution in [0.15, 0.2) is 41.3 Å². The molecule has 0 atom stereocenters. The van der Waals surface area contributed by atoms with Crippen molar-refractivity contribution in [3.63, 3.8) is 0 Å². The second-order valence-corrected chi connectivity index (χ2v) is 6.56. The van der Waals surface area contributed by atoms with Gasteiger partial charge < -0.3 is 14.2 Å². The lowest BCUT2D eigenvalue weighted by atomic mass is 10.3. The molecular weight excluding hydrogens is 342 g/mol. The number of halogens is 1. The van der Waals surface area contributed by atoms with Gasteiger partial charge in [-0.25, -0.2) is 8.42 Å². The van der Waals surface area contributed by atoms with E-state index < -0.39 is 10.0 Å². The molecule has 0 aliphatic rings. The molecule has 0 saturated heterocycles. The molecule has 0 fully saturated rings. The third-order valence-electron chi connectivity index (χ3n) is 3.09. The van der Waals surface area contributed by atoms with Gasteiger partial charge in [-0.15, -0.1) is 0 Å². The number of rotatable bonds is 6. The summed E-state index contributed by atoms with van der Waals surface area (Å²) >= 11 is 6.01. The van der Waals surface area contributed by atoms with E-state index in [9.17, 15) is 8.42 Å². The van der Waals surface area contributed by atoms with Crippen molar-refractivity contribution in [1.29, 1.82) is 0 Å². The average molecular weight is 358 g/mol. The lowest BCUT2D eigenvalue weighted by Gasteiger charge is -2.14. The minimum absolute atomic E-state index is 0.0919. The van der Waals surface area contributed by atoms with E-state index in [4.69, 9.17) is 25.8 Å². The van der Waals surface area contributed by atoms with Crippen LogP contribution in [-0.4, -0.2) is 29.7 Å². The molecule has 0 radical (unpaired) electrons. The number of benzene rings is 2. The van der Waals surface area contributed by atoms with Crippen LogP contribution >= 0.6 is 11.6 Å². The highest BCUT2D eigenvalue weighted by molar-refractivity contribution is 7.92. The number of hydrogen-bond donors (Lipinski definition) is 1. The van der Waals surface area contributed by atoms with Gasteiger partial charge in [0.1, 0.15) is 17.2 Å². The van der Waals surface area contributed by atoms with Crippen molar-refractivity contribution in [2.45, 2.75) is 4.90 Å². The fourth-order valence-electron chi connectivity index (χ4n) is 1.90. The fraction of sp³-hybridized carbons (Fsp3) is 0.200. The van der Waals surface area contributed by atoms with Crippen LogP contribution in [0.3, 0.4) is 0 Å². The third kappa shape index (κ3) is 3.80. The third-order valence-corrected chi connectivity index (χ3v) is 4.76. The predicted octanol–water partition coefficient (Wildman–Crippen LogP) is 3.17. The molecule has 0 bridgehead atoms. The van der Waals surface area contributed by atoms with Gasteiger partial charge in [-0.05, 0) is 24.3 Å². The molecule has 23 heavy (non-hydrogen) atoms. The largest absolute Gasteiger partial charge is 0.497 e. The van der Waals surface area contributed by atoms with E-state index in [0.717, 1.165) is 0 Å².